The van der Waals surface area contributed by atoms with Gasteiger partial charge in [-0.1, -0.05) is 0 Å². The van der Waals surface area contributed by atoms with Gasteiger partial charge in [0.2, 0.25) is 10.4 Å². The highest BCUT2D eigenvalue weighted by Gasteiger charge is 1.95. The molecule has 0 spiro atoms. The molecule has 0 amide bonds. The normalized spacial score (nSPS) is 17.3. The van der Waals surface area contributed by atoms with Crippen molar-refractivity contribution >= 4 is 10.4 Å². The largest absolute Gasteiger partial charge is 0.726 e. The van der Waals surface area contributed by atoms with E-state index >= 15 is 0 Å². The Kier molecular flexibility index (Phi) is 5.34. The van der Waals surface area contributed by atoms with E-state index in [0.717, 1.165) is 13.8 Å². The van der Waals surface area contributed by atoms with Crippen molar-refractivity contribution < 1.29 is 22.5 Å². The Labute approximate surface area is 65.9 Å². The minimum absolute atomic E-state index is 0.808. The molecule has 7 heteroatoms. The van der Waals surface area contributed by atoms with Crippen LogP contribution in [-0.4, -0.2) is 39.8 Å². The molecule has 6 nitrogen and oxygen atoms in total. The second-order valence-electron chi connectivity index (χ2n) is 1.86. The van der Waals surface area contributed by atoms with E-state index in [9.17, 15) is 13.0 Å². The maximum Gasteiger partial charge on any atom is 0.217 e. The Balaban J connectivity index is 0.000000183. The van der Waals surface area contributed by atoms with Crippen molar-refractivity contribution in [2.75, 3.05) is 26.9 Å². The summed E-state index contributed by atoms with van der Waals surface area (Å²) in [4.78, 5) is 0. The van der Waals surface area contributed by atoms with Gasteiger partial charge in [-0.2, -0.15) is 0 Å². The van der Waals surface area contributed by atoms with E-state index in [-0.39, 0.29) is 0 Å². The van der Waals surface area contributed by atoms with Gasteiger partial charge in [0, 0.05) is 6.54 Å². The van der Waals surface area contributed by atoms with Crippen LogP contribution in [0.4, 0.5) is 0 Å². The van der Waals surface area contributed by atoms with Gasteiger partial charge in [-0.05, 0) is 0 Å². The molecule has 0 bridgehead atoms. The van der Waals surface area contributed by atoms with Crippen LogP contribution < -0.4 is 10.6 Å². The second-order valence-corrected chi connectivity index (χ2v) is 3.01. The van der Waals surface area contributed by atoms with Gasteiger partial charge < -0.3 is 9.87 Å². The highest BCUT2D eigenvalue weighted by molar-refractivity contribution is 7.80. The fraction of sp³-hybridized carbons (Fsp3) is 1.00. The zero-order valence-corrected chi connectivity index (χ0v) is 7.06. The Morgan fingerprint density at radius 3 is 2.27 bits per heavy atom. The molecule has 0 aromatic heterocycles. The molecule has 0 aliphatic carbocycles. The second kappa shape index (κ2) is 5.44. The van der Waals surface area contributed by atoms with Crippen molar-refractivity contribution in [3.63, 3.8) is 0 Å². The molecule has 1 rings (SSSR count). The van der Waals surface area contributed by atoms with Gasteiger partial charge in [0.15, 0.2) is 0 Å². The molecule has 0 atom stereocenters. The summed E-state index contributed by atoms with van der Waals surface area (Å²) in [5.41, 5.74) is 0. The summed E-state index contributed by atoms with van der Waals surface area (Å²) < 4.78 is 31.0. The maximum atomic E-state index is 9.22. The fourth-order valence-corrected chi connectivity index (χ4v) is 0.510. The Bertz CT molecular complexity index is 167. The molecule has 1 heterocycles. The molecule has 0 saturated carbocycles. The number of nitrogens with two attached hydrogens (primary N) is 1. The lowest BCUT2D eigenvalue weighted by molar-refractivity contribution is -0.636. The first kappa shape index (κ1) is 10.8. The molecule has 1 aliphatic heterocycles. The van der Waals surface area contributed by atoms with E-state index in [1.807, 2.05) is 0 Å². The summed E-state index contributed by atoms with van der Waals surface area (Å²) in [5, 5.41) is 5.42. The van der Waals surface area contributed by atoms with Crippen LogP contribution in [0.5, 0.6) is 0 Å². The molecule has 0 radical (unpaired) electrons. The van der Waals surface area contributed by atoms with Gasteiger partial charge >= 0.3 is 0 Å². The molecule has 0 unspecified atom stereocenters. The van der Waals surface area contributed by atoms with Crippen molar-refractivity contribution in [2.24, 2.45) is 0 Å². The van der Waals surface area contributed by atoms with Gasteiger partial charge in [0.1, 0.15) is 6.67 Å². The van der Waals surface area contributed by atoms with Crippen LogP contribution in [0.15, 0.2) is 0 Å². The zero-order chi connectivity index (χ0) is 8.74. The topological polar surface area (TPSA) is 95.1 Å². The Hall–Kier alpha value is -0.210. The molecule has 3 N–H and O–H groups in total. The minimum Gasteiger partial charge on any atom is -0.726 e. The Morgan fingerprint density at radius 1 is 1.64 bits per heavy atom. The van der Waals surface area contributed by atoms with Crippen LogP contribution in [-0.2, 0) is 14.6 Å². The van der Waals surface area contributed by atoms with Gasteiger partial charge in [-0.3, -0.25) is 9.50 Å². The van der Waals surface area contributed by atoms with Crippen LogP contribution in [0.3, 0.4) is 0 Å². The van der Waals surface area contributed by atoms with Crippen LogP contribution in [0.2, 0.25) is 0 Å². The van der Waals surface area contributed by atoms with Crippen molar-refractivity contribution in [3.8, 4) is 0 Å². The average Bonchev–Trinajstić information content (AvgIpc) is 2.41. The number of hydrogen-bond donors (Lipinski definition) is 2. The minimum atomic E-state index is -4.41. The highest BCUT2D eigenvalue weighted by Crippen LogP contribution is 1.74. The Morgan fingerprint density at radius 2 is 2.18 bits per heavy atom. The van der Waals surface area contributed by atoms with Gasteiger partial charge in [0.05, 0.1) is 13.7 Å². The van der Waals surface area contributed by atoms with Gasteiger partial charge in [0.25, 0.3) is 0 Å². The predicted molar refractivity (Wildman–Crippen MR) is 36.4 cm³/mol. The first-order valence-electron chi connectivity index (χ1n) is 3.10. The van der Waals surface area contributed by atoms with Crippen molar-refractivity contribution in [3.05, 3.63) is 0 Å². The smallest absolute Gasteiger partial charge is 0.217 e. The molecule has 1 aliphatic rings. The quantitative estimate of drug-likeness (QED) is 0.339. The number of hydrogen-bond acceptors (Lipinski definition) is 5. The van der Waals surface area contributed by atoms with E-state index in [1.54, 1.807) is 0 Å². The predicted octanol–water partition coefficient (Wildman–Crippen LogP) is -2.80. The third-order valence-corrected chi connectivity index (χ3v) is 1.43. The van der Waals surface area contributed by atoms with Crippen molar-refractivity contribution in [1.82, 2.24) is 5.32 Å². The number of rotatable bonds is 1. The maximum absolute atomic E-state index is 9.22. The molecule has 11 heavy (non-hydrogen) atoms. The molecule has 0 aromatic carbocycles. The number of quaternary nitrogens is 1. The SMILES string of the molecule is C1C[NH2+]CN1.COS(=O)(=O)[O-]. The molecule has 68 valence electrons. The molecular formula is C4H12N2O4S. The van der Waals surface area contributed by atoms with Crippen LogP contribution in [0.25, 0.3) is 0 Å². The number of nitrogens with one attached hydrogen (secondary N) is 1. The van der Waals surface area contributed by atoms with Crippen molar-refractivity contribution in [1.29, 1.82) is 0 Å². The van der Waals surface area contributed by atoms with E-state index in [2.05, 4.69) is 14.8 Å². The average molecular weight is 184 g/mol. The molecular weight excluding hydrogens is 172 g/mol. The lowest BCUT2D eigenvalue weighted by atomic mass is 10.7. The van der Waals surface area contributed by atoms with Crippen molar-refractivity contribution in [2.45, 2.75) is 0 Å². The summed E-state index contributed by atoms with van der Waals surface area (Å²) in [6.07, 6.45) is 0. The third-order valence-electron chi connectivity index (χ3n) is 1.02. The molecule has 1 fully saturated rings. The van der Waals surface area contributed by atoms with E-state index < -0.39 is 10.4 Å². The third kappa shape index (κ3) is 9.79. The summed E-state index contributed by atoms with van der Waals surface area (Å²) in [6, 6.07) is 0. The summed E-state index contributed by atoms with van der Waals surface area (Å²) in [7, 11) is -3.60. The van der Waals surface area contributed by atoms with Gasteiger partial charge in [-0.25, -0.2) is 8.42 Å². The highest BCUT2D eigenvalue weighted by atomic mass is 32.3. The lowest BCUT2D eigenvalue weighted by Gasteiger charge is -1.98. The van der Waals surface area contributed by atoms with E-state index in [0.29, 0.717) is 0 Å². The van der Waals surface area contributed by atoms with Crippen LogP contribution in [0.1, 0.15) is 0 Å². The molecule has 0 aromatic rings. The monoisotopic (exact) mass is 184 g/mol. The standard InChI is InChI=1S/C3H8N2.CH4O4S/c1-2-5-3-4-1;1-5-6(2,3)4/h4-5H,1-3H2;1H3,(H,2,3,4). The van der Waals surface area contributed by atoms with E-state index in [1.165, 1.54) is 13.1 Å². The first-order valence-corrected chi connectivity index (χ1v) is 4.43. The van der Waals surface area contributed by atoms with Gasteiger partial charge in [-0.15, -0.1) is 0 Å². The lowest BCUT2D eigenvalue weighted by Crippen LogP contribution is -2.82. The summed E-state index contributed by atoms with van der Waals surface area (Å²) in [6.45, 7) is 3.58. The fourth-order valence-electron chi connectivity index (χ4n) is 0.510. The zero-order valence-electron chi connectivity index (χ0n) is 6.24. The van der Waals surface area contributed by atoms with Crippen LogP contribution >= 0.6 is 0 Å². The first-order chi connectivity index (χ1) is 5.06. The summed E-state index contributed by atoms with van der Waals surface area (Å²) in [5.74, 6) is 0. The van der Waals surface area contributed by atoms with E-state index in [4.69, 9.17) is 0 Å². The summed E-state index contributed by atoms with van der Waals surface area (Å²) >= 11 is 0. The van der Waals surface area contributed by atoms with Crippen LogP contribution in [0, 0.1) is 0 Å². The molecule has 1 saturated heterocycles.